The van der Waals surface area contributed by atoms with Gasteiger partial charge in [-0.05, 0) is 38.7 Å². The number of carbonyl (C=O) groups excluding carboxylic acids is 2. The lowest BCUT2D eigenvalue weighted by Crippen LogP contribution is -2.36. The Bertz CT molecular complexity index is 595. The van der Waals surface area contributed by atoms with Crippen LogP contribution in [-0.2, 0) is 30.3 Å². The van der Waals surface area contributed by atoms with Crippen molar-refractivity contribution in [3.8, 4) is 0 Å². The summed E-state index contributed by atoms with van der Waals surface area (Å²) >= 11 is 0. The fourth-order valence-electron chi connectivity index (χ4n) is 2.91. The van der Waals surface area contributed by atoms with Gasteiger partial charge in [0.15, 0.2) is 12.7 Å². The first-order valence-electron chi connectivity index (χ1n) is 9.72. The molecule has 1 aromatic carbocycles. The number of rotatable bonds is 10. The van der Waals surface area contributed by atoms with Crippen LogP contribution in [-0.4, -0.2) is 55.3 Å². The normalized spacial score (nSPS) is 17.5. The summed E-state index contributed by atoms with van der Waals surface area (Å²) in [7, 11) is 0. The topological polar surface area (TPSA) is 65.1 Å². The van der Waals surface area contributed by atoms with Crippen LogP contribution in [0.3, 0.4) is 0 Å². The average molecular weight is 377 g/mol. The molecule has 2 atom stereocenters. The summed E-state index contributed by atoms with van der Waals surface area (Å²) in [6, 6.07) is 8.07. The van der Waals surface area contributed by atoms with E-state index in [0.717, 1.165) is 31.4 Å². The first-order chi connectivity index (χ1) is 13.0. The Morgan fingerprint density at radius 3 is 2.67 bits per heavy atom. The van der Waals surface area contributed by atoms with Crippen LogP contribution in [0.15, 0.2) is 24.3 Å². The van der Waals surface area contributed by atoms with Gasteiger partial charge in [0.2, 0.25) is 0 Å². The van der Waals surface area contributed by atoms with Gasteiger partial charge in [-0.1, -0.05) is 36.8 Å². The highest BCUT2D eigenvalue weighted by Crippen LogP contribution is 2.13. The Morgan fingerprint density at radius 1 is 1.30 bits per heavy atom. The minimum Gasteiger partial charge on any atom is -0.454 e. The van der Waals surface area contributed by atoms with Crippen molar-refractivity contribution in [2.24, 2.45) is 0 Å². The molecule has 0 spiro atoms. The molecule has 1 aliphatic heterocycles. The Kier molecular flexibility index (Phi) is 8.75. The maximum Gasteiger partial charge on any atom is 0.335 e. The van der Waals surface area contributed by atoms with Crippen LogP contribution >= 0.6 is 0 Å². The van der Waals surface area contributed by atoms with E-state index < -0.39 is 12.1 Å². The molecule has 27 heavy (non-hydrogen) atoms. The summed E-state index contributed by atoms with van der Waals surface area (Å²) in [4.78, 5) is 26.3. The van der Waals surface area contributed by atoms with Gasteiger partial charge in [0, 0.05) is 19.7 Å². The molecule has 1 saturated heterocycles. The monoisotopic (exact) mass is 377 g/mol. The van der Waals surface area contributed by atoms with Crippen LogP contribution in [0.1, 0.15) is 44.2 Å². The second-order valence-electron chi connectivity index (χ2n) is 7.02. The molecule has 2 unspecified atom stereocenters. The van der Waals surface area contributed by atoms with Crippen LogP contribution in [0.2, 0.25) is 0 Å². The fraction of sp³-hybridized carbons (Fsp3) is 0.619. The zero-order valence-electron chi connectivity index (χ0n) is 16.6. The molecule has 1 fully saturated rings. The summed E-state index contributed by atoms with van der Waals surface area (Å²) in [5.74, 6) is -0.717. The first kappa shape index (κ1) is 21.4. The average Bonchev–Trinajstić information content (AvgIpc) is 3.18. The molecule has 6 nitrogen and oxygen atoms in total. The molecule has 1 amide bonds. The van der Waals surface area contributed by atoms with Gasteiger partial charge in [-0.25, -0.2) is 4.79 Å². The van der Waals surface area contributed by atoms with Crippen LogP contribution in [0.4, 0.5) is 0 Å². The molecular weight excluding hydrogens is 346 g/mol. The summed E-state index contributed by atoms with van der Waals surface area (Å²) in [6.45, 7) is 7.67. The number of amides is 1. The van der Waals surface area contributed by atoms with Crippen LogP contribution in [0, 0.1) is 6.92 Å². The van der Waals surface area contributed by atoms with Crippen LogP contribution in [0.5, 0.6) is 0 Å². The van der Waals surface area contributed by atoms with Crippen molar-refractivity contribution in [3.63, 3.8) is 0 Å². The molecule has 150 valence electrons. The minimum atomic E-state index is -0.710. The molecule has 1 heterocycles. The highest BCUT2D eigenvalue weighted by atomic mass is 16.6. The third-order valence-electron chi connectivity index (χ3n) is 4.57. The van der Waals surface area contributed by atoms with Crippen molar-refractivity contribution < 1.29 is 23.8 Å². The molecule has 0 radical (unpaired) electrons. The number of hydrogen-bond donors (Lipinski definition) is 0. The Hall–Kier alpha value is -1.92. The van der Waals surface area contributed by atoms with E-state index in [0.29, 0.717) is 19.7 Å². The number of carbonyl (C=O) groups is 2. The molecule has 0 bridgehead atoms. The van der Waals surface area contributed by atoms with Crippen molar-refractivity contribution in [3.05, 3.63) is 35.4 Å². The van der Waals surface area contributed by atoms with E-state index in [9.17, 15) is 9.59 Å². The molecule has 0 aromatic heterocycles. The molecular formula is C21H31NO5. The minimum absolute atomic E-state index is 0.0523. The number of aryl methyl sites for hydroxylation is 1. The molecule has 0 N–H and O–H groups in total. The van der Waals surface area contributed by atoms with Gasteiger partial charge < -0.3 is 19.1 Å². The summed E-state index contributed by atoms with van der Waals surface area (Å²) in [6.07, 6.45) is 2.16. The molecule has 0 aliphatic carbocycles. The lowest BCUT2D eigenvalue weighted by atomic mass is 10.1. The predicted octanol–water partition coefficient (Wildman–Crippen LogP) is 2.86. The SMILES string of the molecule is CCCN(Cc1ccc(C)cc1)C(=O)COC(=O)C(C)OCC1CCCO1. The number of hydrogen-bond acceptors (Lipinski definition) is 5. The Morgan fingerprint density at radius 2 is 2.04 bits per heavy atom. The number of nitrogens with zero attached hydrogens (tertiary/aromatic N) is 1. The zero-order valence-corrected chi connectivity index (χ0v) is 16.6. The maximum atomic E-state index is 12.5. The maximum absolute atomic E-state index is 12.5. The van der Waals surface area contributed by atoms with Gasteiger partial charge in [-0.3, -0.25) is 4.79 Å². The first-order valence-corrected chi connectivity index (χ1v) is 9.72. The summed E-state index contributed by atoms with van der Waals surface area (Å²) < 4.78 is 16.1. The number of esters is 1. The van der Waals surface area contributed by atoms with Crippen molar-refractivity contribution >= 4 is 11.9 Å². The number of benzene rings is 1. The van der Waals surface area contributed by atoms with Gasteiger partial charge in [-0.15, -0.1) is 0 Å². The highest BCUT2D eigenvalue weighted by molar-refractivity contribution is 5.82. The van der Waals surface area contributed by atoms with Gasteiger partial charge in [0.25, 0.3) is 5.91 Å². The third kappa shape index (κ3) is 7.31. The quantitative estimate of drug-likeness (QED) is 0.587. The largest absolute Gasteiger partial charge is 0.454 e. The fourth-order valence-corrected chi connectivity index (χ4v) is 2.91. The van der Waals surface area contributed by atoms with Crippen LogP contribution in [0.25, 0.3) is 0 Å². The smallest absolute Gasteiger partial charge is 0.335 e. The Balaban J connectivity index is 1.77. The third-order valence-corrected chi connectivity index (χ3v) is 4.57. The van der Waals surface area contributed by atoms with Crippen molar-refractivity contribution in [1.29, 1.82) is 0 Å². The predicted molar refractivity (Wildman–Crippen MR) is 102 cm³/mol. The molecule has 0 saturated carbocycles. The number of ether oxygens (including phenoxy) is 3. The van der Waals surface area contributed by atoms with Gasteiger partial charge in [-0.2, -0.15) is 0 Å². The summed E-state index contributed by atoms with van der Waals surface area (Å²) in [5.41, 5.74) is 2.24. The van der Waals surface area contributed by atoms with Gasteiger partial charge in [0.05, 0.1) is 12.7 Å². The summed E-state index contributed by atoms with van der Waals surface area (Å²) in [5, 5.41) is 0. The molecule has 1 aromatic rings. The van der Waals surface area contributed by atoms with Crippen molar-refractivity contribution in [2.75, 3.05) is 26.4 Å². The second-order valence-corrected chi connectivity index (χ2v) is 7.02. The molecule has 2 rings (SSSR count). The molecule has 6 heteroatoms. The zero-order chi connectivity index (χ0) is 19.6. The standard InChI is InChI=1S/C21H31NO5/c1-4-11-22(13-18-9-7-16(2)8-10-18)20(23)15-27-21(24)17(3)26-14-19-6-5-12-25-19/h7-10,17,19H,4-6,11-15H2,1-3H3. The van der Waals surface area contributed by atoms with Gasteiger partial charge >= 0.3 is 5.97 Å². The van der Waals surface area contributed by atoms with E-state index in [2.05, 4.69) is 0 Å². The highest BCUT2D eigenvalue weighted by Gasteiger charge is 2.22. The van der Waals surface area contributed by atoms with E-state index in [1.165, 1.54) is 5.56 Å². The van der Waals surface area contributed by atoms with E-state index in [1.807, 2.05) is 38.1 Å². The van der Waals surface area contributed by atoms with Crippen molar-refractivity contribution in [2.45, 2.75) is 58.8 Å². The lowest BCUT2D eigenvalue weighted by Gasteiger charge is -2.23. The van der Waals surface area contributed by atoms with E-state index in [1.54, 1.807) is 11.8 Å². The van der Waals surface area contributed by atoms with Gasteiger partial charge in [0.1, 0.15) is 0 Å². The lowest BCUT2D eigenvalue weighted by molar-refractivity contribution is -0.162. The van der Waals surface area contributed by atoms with Crippen LogP contribution < -0.4 is 0 Å². The molecule has 1 aliphatic rings. The van der Waals surface area contributed by atoms with Crippen molar-refractivity contribution in [1.82, 2.24) is 4.90 Å². The second kappa shape index (κ2) is 11.0. The van der Waals surface area contributed by atoms with E-state index in [4.69, 9.17) is 14.2 Å². The van der Waals surface area contributed by atoms with E-state index >= 15 is 0 Å². The Labute approximate surface area is 161 Å². The van der Waals surface area contributed by atoms with E-state index in [-0.39, 0.29) is 18.6 Å².